The van der Waals surface area contributed by atoms with Crippen molar-refractivity contribution < 1.29 is 8.42 Å². The summed E-state index contributed by atoms with van der Waals surface area (Å²) in [5.74, 6) is 0.312. The summed E-state index contributed by atoms with van der Waals surface area (Å²) in [6, 6.07) is 11.4. The summed E-state index contributed by atoms with van der Waals surface area (Å²) in [6.45, 7) is 3.71. The molecule has 1 N–H and O–H groups in total. The molecule has 1 aromatic heterocycles. The van der Waals surface area contributed by atoms with Gasteiger partial charge in [0.2, 0.25) is 10.0 Å². The van der Waals surface area contributed by atoms with Crippen LogP contribution in [-0.2, 0) is 10.0 Å². The van der Waals surface area contributed by atoms with E-state index in [2.05, 4.69) is 25.6 Å². The molecule has 0 saturated carbocycles. The lowest BCUT2D eigenvalue weighted by molar-refractivity contribution is 0.595. The summed E-state index contributed by atoms with van der Waals surface area (Å²) in [5.41, 5.74) is 1.78. The highest BCUT2D eigenvalue weighted by Gasteiger charge is 2.18. The Morgan fingerprint density at radius 3 is 2.57 bits per heavy atom. The Bertz CT molecular complexity index is 718. The summed E-state index contributed by atoms with van der Waals surface area (Å²) in [7, 11) is -3.45. The molecule has 0 radical (unpaired) electrons. The second-order valence-electron chi connectivity index (χ2n) is 5.01. The third-order valence-corrected chi connectivity index (χ3v) is 5.01. The van der Waals surface area contributed by atoms with Gasteiger partial charge in [0, 0.05) is 10.7 Å². The van der Waals surface area contributed by atoms with Crippen LogP contribution in [0.3, 0.4) is 0 Å². The maximum atomic E-state index is 12.3. The van der Waals surface area contributed by atoms with Crippen LogP contribution >= 0.6 is 15.9 Å². The summed E-state index contributed by atoms with van der Waals surface area (Å²) < 4.78 is 27.9. The van der Waals surface area contributed by atoms with E-state index in [1.807, 2.05) is 50.2 Å². The fourth-order valence-corrected chi connectivity index (χ4v) is 3.93. The van der Waals surface area contributed by atoms with Gasteiger partial charge in [-0.15, -0.1) is 0 Å². The number of halogens is 1. The molecule has 0 saturated heterocycles. The molecule has 1 atom stereocenters. The third kappa shape index (κ3) is 4.54. The molecule has 0 aliphatic heterocycles. The molecule has 0 fully saturated rings. The Morgan fingerprint density at radius 2 is 1.95 bits per heavy atom. The van der Waals surface area contributed by atoms with Crippen LogP contribution in [0.1, 0.15) is 24.0 Å². The van der Waals surface area contributed by atoms with E-state index in [1.54, 1.807) is 6.20 Å². The maximum absolute atomic E-state index is 12.3. The highest BCUT2D eigenvalue weighted by atomic mass is 79.9. The number of nitrogens with one attached hydrogen (secondary N) is 1. The number of nitrogens with zero attached hydrogens (tertiary/aromatic N) is 1. The van der Waals surface area contributed by atoms with Crippen molar-refractivity contribution in [3.05, 3.63) is 58.2 Å². The van der Waals surface area contributed by atoms with E-state index in [1.165, 1.54) is 0 Å². The molecule has 0 amide bonds. The number of rotatable bonds is 5. The predicted molar refractivity (Wildman–Crippen MR) is 88.9 cm³/mol. The number of aryl methyl sites for hydroxylation is 1. The Hall–Kier alpha value is -1.40. The molecule has 2 aromatic rings. The zero-order valence-corrected chi connectivity index (χ0v) is 14.3. The number of hydrogen-bond acceptors (Lipinski definition) is 3. The Kier molecular flexibility index (Phi) is 5.00. The van der Waals surface area contributed by atoms with Gasteiger partial charge in [0.25, 0.3) is 0 Å². The van der Waals surface area contributed by atoms with E-state index in [0.717, 1.165) is 15.6 Å². The average molecular weight is 369 g/mol. The fourth-order valence-electron chi connectivity index (χ4n) is 2.04. The highest BCUT2D eigenvalue weighted by molar-refractivity contribution is 9.10. The minimum atomic E-state index is -3.45. The molecule has 1 heterocycles. The van der Waals surface area contributed by atoms with Crippen molar-refractivity contribution in [3.63, 3.8) is 0 Å². The van der Waals surface area contributed by atoms with Crippen LogP contribution in [0.25, 0.3) is 0 Å². The van der Waals surface area contributed by atoms with Crippen molar-refractivity contribution in [1.29, 1.82) is 0 Å². The quantitative estimate of drug-likeness (QED) is 0.874. The number of pyridine rings is 1. The number of sulfonamides is 1. The first kappa shape index (κ1) is 16.0. The smallest absolute Gasteiger partial charge is 0.234 e. The van der Waals surface area contributed by atoms with Gasteiger partial charge in [0.15, 0.2) is 0 Å². The van der Waals surface area contributed by atoms with Gasteiger partial charge in [-0.25, -0.2) is 13.4 Å². The molecule has 1 unspecified atom stereocenters. The molecule has 0 aliphatic rings. The van der Waals surface area contributed by atoms with Crippen LogP contribution in [0, 0.1) is 6.92 Å². The van der Waals surface area contributed by atoms with Gasteiger partial charge in [0.1, 0.15) is 5.82 Å². The predicted octanol–water partition coefficient (Wildman–Crippen LogP) is 3.70. The van der Waals surface area contributed by atoms with Crippen molar-refractivity contribution in [2.45, 2.75) is 19.8 Å². The van der Waals surface area contributed by atoms with Gasteiger partial charge in [0.05, 0.1) is 5.75 Å². The second kappa shape index (κ2) is 6.58. The Morgan fingerprint density at radius 1 is 1.29 bits per heavy atom. The van der Waals surface area contributed by atoms with E-state index in [0.29, 0.717) is 5.82 Å². The van der Waals surface area contributed by atoms with Crippen LogP contribution in [0.5, 0.6) is 0 Å². The van der Waals surface area contributed by atoms with Crippen LogP contribution in [-0.4, -0.2) is 19.2 Å². The molecule has 6 heteroatoms. The van der Waals surface area contributed by atoms with Gasteiger partial charge in [-0.2, -0.15) is 0 Å². The normalized spacial score (nSPS) is 12.9. The molecular formula is C15H17BrN2O2S. The fraction of sp³-hybridized carbons (Fsp3) is 0.267. The summed E-state index contributed by atoms with van der Waals surface area (Å²) >= 11 is 3.31. The minimum absolute atomic E-state index is 0.0220. The molecule has 0 aliphatic carbocycles. The SMILES string of the molecule is Cc1cc(Br)cnc1NS(=O)(=O)CC(C)c1ccccc1. The highest BCUT2D eigenvalue weighted by Crippen LogP contribution is 2.21. The van der Waals surface area contributed by atoms with E-state index < -0.39 is 10.0 Å². The summed E-state index contributed by atoms with van der Waals surface area (Å²) in [6.07, 6.45) is 1.57. The first-order valence-electron chi connectivity index (χ1n) is 6.55. The van der Waals surface area contributed by atoms with Gasteiger partial charge in [-0.3, -0.25) is 4.72 Å². The zero-order chi connectivity index (χ0) is 15.5. The lowest BCUT2D eigenvalue weighted by atomic mass is 10.0. The number of anilines is 1. The number of hydrogen-bond donors (Lipinski definition) is 1. The average Bonchev–Trinajstić information content (AvgIpc) is 2.42. The molecule has 1 aromatic carbocycles. The van der Waals surface area contributed by atoms with Crippen molar-refractivity contribution in [1.82, 2.24) is 4.98 Å². The standard InChI is InChI=1S/C15H17BrN2O2S/c1-11-8-14(16)9-17-15(11)18-21(19,20)10-12(2)13-6-4-3-5-7-13/h3-9,12H,10H2,1-2H3,(H,17,18). The first-order valence-corrected chi connectivity index (χ1v) is 8.99. The van der Waals surface area contributed by atoms with Crippen molar-refractivity contribution in [2.75, 3.05) is 10.5 Å². The lowest BCUT2D eigenvalue weighted by Gasteiger charge is -2.14. The van der Waals surface area contributed by atoms with Crippen LogP contribution < -0.4 is 4.72 Å². The second-order valence-corrected chi connectivity index (χ2v) is 7.70. The van der Waals surface area contributed by atoms with E-state index >= 15 is 0 Å². The molecule has 2 rings (SSSR count). The van der Waals surface area contributed by atoms with E-state index in [-0.39, 0.29) is 11.7 Å². The Labute approximate surface area is 133 Å². The summed E-state index contributed by atoms with van der Waals surface area (Å²) in [5, 5.41) is 0. The molecular weight excluding hydrogens is 352 g/mol. The minimum Gasteiger partial charge on any atom is -0.267 e. The molecule has 0 spiro atoms. The van der Waals surface area contributed by atoms with E-state index in [9.17, 15) is 8.42 Å². The van der Waals surface area contributed by atoms with Crippen molar-refractivity contribution in [2.24, 2.45) is 0 Å². The maximum Gasteiger partial charge on any atom is 0.234 e. The van der Waals surface area contributed by atoms with Gasteiger partial charge < -0.3 is 0 Å². The van der Waals surface area contributed by atoms with Crippen molar-refractivity contribution in [3.8, 4) is 0 Å². The zero-order valence-electron chi connectivity index (χ0n) is 11.9. The van der Waals surface area contributed by atoms with Crippen molar-refractivity contribution >= 4 is 31.8 Å². The summed E-state index contributed by atoms with van der Waals surface area (Å²) in [4.78, 5) is 4.11. The van der Waals surface area contributed by atoms with E-state index in [4.69, 9.17) is 0 Å². The largest absolute Gasteiger partial charge is 0.267 e. The van der Waals surface area contributed by atoms with Gasteiger partial charge in [-0.1, -0.05) is 37.3 Å². The lowest BCUT2D eigenvalue weighted by Crippen LogP contribution is -2.21. The molecule has 112 valence electrons. The van der Waals surface area contributed by atoms with Crippen LogP contribution in [0.15, 0.2) is 47.1 Å². The topological polar surface area (TPSA) is 59.1 Å². The molecule has 21 heavy (non-hydrogen) atoms. The van der Waals surface area contributed by atoms with Gasteiger partial charge in [-0.05, 0) is 46.0 Å². The monoisotopic (exact) mass is 368 g/mol. The van der Waals surface area contributed by atoms with Crippen LogP contribution in [0.4, 0.5) is 5.82 Å². The number of aromatic nitrogens is 1. The molecule has 0 bridgehead atoms. The Balaban J connectivity index is 2.12. The molecule has 4 nitrogen and oxygen atoms in total. The third-order valence-electron chi connectivity index (χ3n) is 3.14. The number of benzene rings is 1. The van der Waals surface area contributed by atoms with Crippen LogP contribution in [0.2, 0.25) is 0 Å². The first-order chi connectivity index (χ1) is 9.87. The van der Waals surface area contributed by atoms with Gasteiger partial charge >= 0.3 is 0 Å².